The molecule has 0 bridgehead atoms. The molecule has 0 radical (unpaired) electrons. The van der Waals surface area contributed by atoms with E-state index in [-0.39, 0.29) is 6.10 Å². The number of hydrogen-bond donors (Lipinski definition) is 2. The number of aliphatic hydroxyl groups is 1. The lowest BCUT2D eigenvalue weighted by atomic mass is 9.82. The third kappa shape index (κ3) is 4.92. The van der Waals surface area contributed by atoms with Crippen LogP contribution in [0.2, 0.25) is 0 Å². The molecule has 2 N–H and O–H groups in total. The maximum atomic E-state index is 9.92. The van der Waals surface area contributed by atoms with Crippen LogP contribution < -0.4 is 5.32 Å². The van der Waals surface area contributed by atoms with Gasteiger partial charge in [0.2, 0.25) is 0 Å². The van der Waals surface area contributed by atoms with Crippen LogP contribution in [0.3, 0.4) is 0 Å². The lowest BCUT2D eigenvalue weighted by Gasteiger charge is -2.30. The molecule has 0 saturated heterocycles. The van der Waals surface area contributed by atoms with E-state index in [0.717, 1.165) is 18.9 Å². The van der Waals surface area contributed by atoms with Crippen molar-refractivity contribution in [2.24, 2.45) is 5.92 Å². The molecule has 1 aromatic rings. The Kier molecular flexibility index (Phi) is 6.06. The summed E-state index contributed by atoms with van der Waals surface area (Å²) in [7, 11) is 0. The molecule has 0 spiro atoms. The highest BCUT2D eigenvalue weighted by Gasteiger charge is 2.22. The van der Waals surface area contributed by atoms with Crippen LogP contribution >= 0.6 is 0 Å². The summed E-state index contributed by atoms with van der Waals surface area (Å²) >= 11 is 0. The van der Waals surface area contributed by atoms with Gasteiger partial charge in [-0.15, -0.1) is 0 Å². The van der Waals surface area contributed by atoms with Crippen molar-refractivity contribution in [1.82, 2.24) is 5.32 Å². The zero-order valence-electron chi connectivity index (χ0n) is 12.9. The summed E-state index contributed by atoms with van der Waals surface area (Å²) < 4.78 is 0. The van der Waals surface area contributed by atoms with Crippen LogP contribution in [-0.2, 0) is 0 Å². The third-order valence-corrected chi connectivity index (χ3v) is 4.38. The molecule has 1 aliphatic carbocycles. The Balaban J connectivity index is 1.69. The van der Waals surface area contributed by atoms with Gasteiger partial charge in [0.15, 0.2) is 0 Å². The minimum atomic E-state index is -0.193. The van der Waals surface area contributed by atoms with Crippen molar-refractivity contribution >= 4 is 0 Å². The maximum Gasteiger partial charge on any atom is 0.0667 e. The molecule has 1 saturated carbocycles. The van der Waals surface area contributed by atoms with E-state index in [0.29, 0.717) is 12.0 Å². The first-order valence-electron chi connectivity index (χ1n) is 8.11. The summed E-state index contributed by atoms with van der Waals surface area (Å²) in [6.07, 6.45) is 5.69. The number of rotatable bonds is 6. The highest BCUT2D eigenvalue weighted by Crippen LogP contribution is 2.32. The quantitative estimate of drug-likeness (QED) is 0.829. The van der Waals surface area contributed by atoms with Crippen molar-refractivity contribution < 1.29 is 5.11 Å². The van der Waals surface area contributed by atoms with Crippen LogP contribution in [0.1, 0.15) is 57.4 Å². The normalized spacial score (nSPS) is 24.8. The average Bonchev–Trinajstić information content (AvgIpc) is 2.46. The molecule has 1 atom stereocenters. The lowest BCUT2D eigenvalue weighted by Crippen LogP contribution is -2.38. The van der Waals surface area contributed by atoms with Crippen LogP contribution in [0.15, 0.2) is 30.3 Å². The van der Waals surface area contributed by atoms with Gasteiger partial charge in [-0.2, -0.15) is 0 Å². The molecule has 0 amide bonds. The fraction of sp³-hybridized carbons (Fsp3) is 0.667. The highest BCUT2D eigenvalue weighted by atomic mass is 16.3. The second-order valence-corrected chi connectivity index (χ2v) is 6.65. The van der Waals surface area contributed by atoms with Crippen molar-refractivity contribution in [1.29, 1.82) is 0 Å². The van der Waals surface area contributed by atoms with Crippen LogP contribution in [-0.4, -0.2) is 23.8 Å². The molecular formula is C18H29NO. The summed E-state index contributed by atoms with van der Waals surface area (Å²) in [5.74, 6) is 1.30. The van der Waals surface area contributed by atoms with E-state index in [1.807, 2.05) is 0 Å². The van der Waals surface area contributed by atoms with Gasteiger partial charge in [-0.1, -0.05) is 44.2 Å². The summed E-state index contributed by atoms with van der Waals surface area (Å²) in [5, 5.41) is 13.5. The molecule has 0 aromatic heterocycles. The second kappa shape index (κ2) is 7.80. The van der Waals surface area contributed by atoms with Crippen molar-refractivity contribution in [3.05, 3.63) is 35.9 Å². The Hall–Kier alpha value is -0.860. The van der Waals surface area contributed by atoms with Crippen LogP contribution in [0.25, 0.3) is 0 Å². The fourth-order valence-electron chi connectivity index (χ4n) is 3.29. The molecule has 0 aliphatic heterocycles. The highest BCUT2D eigenvalue weighted by molar-refractivity contribution is 5.20. The smallest absolute Gasteiger partial charge is 0.0667 e. The first-order chi connectivity index (χ1) is 9.65. The summed E-state index contributed by atoms with van der Waals surface area (Å²) in [5.41, 5.74) is 1.49. The Labute approximate surface area is 123 Å². The van der Waals surface area contributed by atoms with Crippen LogP contribution in [0.4, 0.5) is 0 Å². The topological polar surface area (TPSA) is 32.3 Å². The Morgan fingerprint density at radius 2 is 1.75 bits per heavy atom. The second-order valence-electron chi connectivity index (χ2n) is 6.65. The van der Waals surface area contributed by atoms with Crippen molar-refractivity contribution in [2.75, 3.05) is 6.54 Å². The monoisotopic (exact) mass is 275 g/mol. The maximum absolute atomic E-state index is 9.92. The molecule has 1 fully saturated rings. The SMILES string of the molecule is CC(C)CC(O)CNC1CCC(c2ccccc2)CC1. The summed E-state index contributed by atoms with van der Waals surface area (Å²) in [6.45, 7) is 5.07. The van der Waals surface area contributed by atoms with Gasteiger partial charge >= 0.3 is 0 Å². The lowest BCUT2D eigenvalue weighted by molar-refractivity contribution is 0.139. The van der Waals surface area contributed by atoms with E-state index < -0.39 is 0 Å². The molecule has 20 heavy (non-hydrogen) atoms. The first kappa shape index (κ1) is 15.5. The molecule has 2 rings (SSSR count). The minimum absolute atomic E-state index is 0.193. The third-order valence-electron chi connectivity index (χ3n) is 4.38. The molecule has 1 aromatic carbocycles. The number of hydrogen-bond acceptors (Lipinski definition) is 2. The zero-order chi connectivity index (χ0) is 14.4. The van der Waals surface area contributed by atoms with Crippen LogP contribution in [0.5, 0.6) is 0 Å². The Bertz CT molecular complexity index is 368. The Morgan fingerprint density at radius 3 is 2.35 bits per heavy atom. The first-order valence-corrected chi connectivity index (χ1v) is 8.11. The number of nitrogens with one attached hydrogen (secondary N) is 1. The van der Waals surface area contributed by atoms with Gasteiger partial charge < -0.3 is 10.4 Å². The largest absolute Gasteiger partial charge is 0.392 e. The van der Waals surface area contributed by atoms with E-state index in [1.165, 1.54) is 31.2 Å². The van der Waals surface area contributed by atoms with E-state index in [4.69, 9.17) is 0 Å². The van der Waals surface area contributed by atoms with Gasteiger partial charge in [0.1, 0.15) is 0 Å². The van der Waals surface area contributed by atoms with E-state index in [9.17, 15) is 5.11 Å². The van der Waals surface area contributed by atoms with Gasteiger partial charge in [-0.05, 0) is 49.5 Å². The van der Waals surface area contributed by atoms with Crippen molar-refractivity contribution in [3.63, 3.8) is 0 Å². The number of aliphatic hydroxyl groups excluding tert-OH is 1. The Morgan fingerprint density at radius 1 is 1.10 bits per heavy atom. The average molecular weight is 275 g/mol. The van der Waals surface area contributed by atoms with E-state index >= 15 is 0 Å². The fourth-order valence-corrected chi connectivity index (χ4v) is 3.29. The molecule has 1 aliphatic rings. The van der Waals surface area contributed by atoms with Crippen molar-refractivity contribution in [3.8, 4) is 0 Å². The minimum Gasteiger partial charge on any atom is -0.392 e. The predicted octanol–water partition coefficient (Wildman–Crippen LogP) is 3.71. The molecule has 0 heterocycles. The van der Waals surface area contributed by atoms with Crippen LogP contribution in [0, 0.1) is 5.92 Å². The summed E-state index contributed by atoms with van der Waals surface area (Å²) in [6, 6.07) is 11.5. The zero-order valence-corrected chi connectivity index (χ0v) is 12.9. The van der Waals surface area contributed by atoms with Gasteiger partial charge in [-0.25, -0.2) is 0 Å². The predicted molar refractivity (Wildman–Crippen MR) is 84.9 cm³/mol. The van der Waals surface area contributed by atoms with Gasteiger partial charge in [0.25, 0.3) is 0 Å². The molecular weight excluding hydrogens is 246 g/mol. The molecule has 112 valence electrons. The molecule has 2 heteroatoms. The van der Waals surface area contributed by atoms with Gasteiger partial charge in [0, 0.05) is 12.6 Å². The van der Waals surface area contributed by atoms with Gasteiger partial charge in [0.05, 0.1) is 6.10 Å². The molecule has 2 nitrogen and oxygen atoms in total. The summed E-state index contributed by atoms with van der Waals surface area (Å²) in [4.78, 5) is 0. The van der Waals surface area contributed by atoms with E-state index in [2.05, 4.69) is 49.5 Å². The van der Waals surface area contributed by atoms with Crippen molar-refractivity contribution in [2.45, 2.75) is 64.0 Å². The van der Waals surface area contributed by atoms with E-state index in [1.54, 1.807) is 0 Å². The number of benzene rings is 1. The van der Waals surface area contributed by atoms with Gasteiger partial charge in [-0.3, -0.25) is 0 Å². The molecule has 1 unspecified atom stereocenters. The standard InChI is InChI=1S/C18H29NO/c1-14(2)12-18(20)13-19-17-10-8-16(9-11-17)15-6-4-3-5-7-15/h3-7,14,16-20H,8-13H2,1-2H3.